The van der Waals surface area contributed by atoms with E-state index in [0.29, 0.717) is 0 Å². The molecule has 0 heterocycles. The number of fused-ring (bicyclic) bond motifs is 1. The quantitative estimate of drug-likeness (QED) is 0.708. The summed E-state index contributed by atoms with van der Waals surface area (Å²) in [6.45, 7) is 12.8. The van der Waals surface area contributed by atoms with E-state index in [1.165, 1.54) is 11.1 Å². The third kappa shape index (κ3) is 2.99. The van der Waals surface area contributed by atoms with Gasteiger partial charge >= 0.3 is 0 Å². The molecule has 1 aliphatic carbocycles. The fourth-order valence-corrected chi connectivity index (χ4v) is 3.99. The van der Waals surface area contributed by atoms with Crippen LogP contribution in [0.4, 0.5) is 0 Å². The van der Waals surface area contributed by atoms with Crippen molar-refractivity contribution in [2.75, 3.05) is 7.11 Å². The Kier molecular flexibility index (Phi) is 4.26. The van der Waals surface area contributed by atoms with Gasteiger partial charge in [-0.1, -0.05) is 57.0 Å². The molecule has 0 fully saturated rings. The van der Waals surface area contributed by atoms with Gasteiger partial charge in [0, 0.05) is 22.6 Å². The number of hydrogen-bond donors (Lipinski definition) is 0. The smallest absolute Gasteiger partial charge is 0.166 e. The van der Waals surface area contributed by atoms with Crippen molar-refractivity contribution in [3.8, 4) is 16.9 Å². The van der Waals surface area contributed by atoms with Crippen molar-refractivity contribution < 1.29 is 9.53 Å². The molecule has 2 heteroatoms. The standard InChI is InChI=1S/C23H28O2/c1-13-8-14(2)10-16(9-13)20-17-11-15(3)21(24)18(17)12-19(22(20)25-7)23(4,5)6/h8-10,12,15H,11H2,1-7H3. The van der Waals surface area contributed by atoms with Crippen molar-refractivity contribution in [1.29, 1.82) is 0 Å². The summed E-state index contributed by atoms with van der Waals surface area (Å²) in [6, 6.07) is 8.65. The maximum Gasteiger partial charge on any atom is 0.166 e. The highest BCUT2D eigenvalue weighted by Gasteiger charge is 2.34. The summed E-state index contributed by atoms with van der Waals surface area (Å²) < 4.78 is 5.92. The Morgan fingerprint density at radius 3 is 2.16 bits per heavy atom. The number of rotatable bonds is 2. The first kappa shape index (κ1) is 17.7. The predicted octanol–water partition coefficient (Wildman–Crippen LogP) is 5.65. The van der Waals surface area contributed by atoms with Gasteiger partial charge in [0.2, 0.25) is 0 Å². The lowest BCUT2D eigenvalue weighted by Gasteiger charge is -2.26. The summed E-state index contributed by atoms with van der Waals surface area (Å²) in [6.07, 6.45) is 0.789. The molecule has 1 unspecified atom stereocenters. The van der Waals surface area contributed by atoms with E-state index in [1.54, 1.807) is 7.11 Å². The van der Waals surface area contributed by atoms with Crippen LogP contribution in [0.25, 0.3) is 11.1 Å². The lowest BCUT2D eigenvalue weighted by Crippen LogP contribution is -2.15. The highest BCUT2D eigenvalue weighted by Crippen LogP contribution is 2.46. The zero-order valence-electron chi connectivity index (χ0n) is 16.4. The van der Waals surface area contributed by atoms with Crippen LogP contribution in [0, 0.1) is 19.8 Å². The van der Waals surface area contributed by atoms with Crippen LogP contribution in [0.5, 0.6) is 5.75 Å². The zero-order chi connectivity index (χ0) is 18.5. The van der Waals surface area contributed by atoms with Crippen LogP contribution in [0.3, 0.4) is 0 Å². The summed E-state index contributed by atoms with van der Waals surface area (Å²) in [5, 5.41) is 0. The van der Waals surface area contributed by atoms with Crippen molar-refractivity contribution in [3.05, 3.63) is 52.1 Å². The van der Waals surface area contributed by atoms with Crippen LogP contribution < -0.4 is 4.74 Å². The number of benzene rings is 2. The lowest BCUT2D eigenvalue weighted by atomic mass is 9.81. The second-order valence-corrected chi connectivity index (χ2v) is 8.45. The second kappa shape index (κ2) is 6.01. The predicted molar refractivity (Wildman–Crippen MR) is 104 cm³/mol. The first-order chi connectivity index (χ1) is 11.6. The molecule has 0 saturated carbocycles. The molecule has 0 bridgehead atoms. The maximum absolute atomic E-state index is 12.8. The molecule has 132 valence electrons. The first-order valence-corrected chi connectivity index (χ1v) is 9.00. The van der Waals surface area contributed by atoms with E-state index >= 15 is 0 Å². The molecular formula is C23H28O2. The minimum Gasteiger partial charge on any atom is -0.496 e. The van der Waals surface area contributed by atoms with E-state index in [0.717, 1.165) is 40.0 Å². The minimum absolute atomic E-state index is 0.0413. The Morgan fingerprint density at radius 2 is 1.64 bits per heavy atom. The average Bonchev–Trinajstić information content (AvgIpc) is 2.78. The van der Waals surface area contributed by atoms with Crippen LogP contribution >= 0.6 is 0 Å². The Balaban J connectivity index is 2.42. The van der Waals surface area contributed by atoms with Gasteiger partial charge in [-0.3, -0.25) is 4.79 Å². The van der Waals surface area contributed by atoms with Gasteiger partial charge in [0.1, 0.15) is 5.75 Å². The van der Waals surface area contributed by atoms with Gasteiger partial charge in [-0.25, -0.2) is 0 Å². The minimum atomic E-state index is -0.0971. The number of Topliss-reactive ketones (excluding diaryl/α,β-unsaturated/α-hetero) is 1. The molecule has 2 aromatic rings. The van der Waals surface area contributed by atoms with Gasteiger partial charge in [-0.05, 0) is 42.9 Å². The van der Waals surface area contributed by atoms with Crippen LogP contribution in [0.2, 0.25) is 0 Å². The highest BCUT2D eigenvalue weighted by atomic mass is 16.5. The second-order valence-electron chi connectivity index (χ2n) is 8.45. The third-order valence-electron chi connectivity index (χ3n) is 5.13. The molecule has 0 aromatic heterocycles. The van der Waals surface area contributed by atoms with E-state index in [2.05, 4.69) is 58.9 Å². The van der Waals surface area contributed by atoms with Crippen molar-refractivity contribution in [1.82, 2.24) is 0 Å². The fourth-order valence-electron chi connectivity index (χ4n) is 3.99. The molecule has 0 spiro atoms. The molecule has 2 nitrogen and oxygen atoms in total. The molecule has 3 rings (SSSR count). The summed E-state index contributed by atoms with van der Waals surface area (Å²) in [5.41, 5.74) is 7.74. The summed E-state index contributed by atoms with van der Waals surface area (Å²) >= 11 is 0. The van der Waals surface area contributed by atoms with Crippen LogP contribution in [0.1, 0.15) is 60.3 Å². The fraction of sp³-hybridized carbons (Fsp3) is 0.435. The van der Waals surface area contributed by atoms with Gasteiger partial charge in [0.15, 0.2) is 5.78 Å². The monoisotopic (exact) mass is 336 g/mol. The Hall–Kier alpha value is -2.09. The Bertz CT molecular complexity index is 833. The third-order valence-corrected chi connectivity index (χ3v) is 5.13. The number of carbonyl (C=O) groups excluding carboxylic acids is 1. The molecule has 0 amide bonds. The molecule has 0 aliphatic heterocycles. The average molecular weight is 336 g/mol. The van der Waals surface area contributed by atoms with E-state index < -0.39 is 0 Å². The van der Waals surface area contributed by atoms with Crippen molar-refractivity contribution in [2.24, 2.45) is 5.92 Å². The summed E-state index contributed by atoms with van der Waals surface area (Å²) in [4.78, 5) is 12.8. The molecule has 1 atom stereocenters. The lowest BCUT2D eigenvalue weighted by molar-refractivity contribution is 0.0946. The van der Waals surface area contributed by atoms with Gasteiger partial charge in [-0.15, -0.1) is 0 Å². The van der Waals surface area contributed by atoms with Crippen LogP contribution in [0.15, 0.2) is 24.3 Å². The largest absolute Gasteiger partial charge is 0.496 e. The zero-order valence-corrected chi connectivity index (χ0v) is 16.4. The van der Waals surface area contributed by atoms with Crippen molar-refractivity contribution in [2.45, 2.75) is 53.4 Å². The SMILES string of the molecule is COc1c(C(C)(C)C)cc2c(c1-c1cc(C)cc(C)c1)CC(C)C2=O. The Morgan fingerprint density at radius 1 is 1.04 bits per heavy atom. The Labute approximate surface area is 151 Å². The molecular weight excluding hydrogens is 308 g/mol. The molecule has 2 aromatic carbocycles. The summed E-state index contributed by atoms with van der Waals surface area (Å²) in [7, 11) is 1.74. The number of carbonyl (C=O) groups is 1. The number of ether oxygens (including phenoxy) is 1. The van der Waals surface area contributed by atoms with E-state index in [1.807, 2.05) is 6.92 Å². The highest BCUT2D eigenvalue weighted by molar-refractivity contribution is 6.05. The van der Waals surface area contributed by atoms with Gasteiger partial charge in [0.05, 0.1) is 7.11 Å². The van der Waals surface area contributed by atoms with E-state index in [9.17, 15) is 4.79 Å². The topological polar surface area (TPSA) is 26.3 Å². The number of methoxy groups -OCH3 is 1. The first-order valence-electron chi connectivity index (χ1n) is 9.00. The number of ketones is 1. The van der Waals surface area contributed by atoms with Gasteiger partial charge in [0.25, 0.3) is 0 Å². The van der Waals surface area contributed by atoms with Crippen molar-refractivity contribution >= 4 is 5.78 Å². The molecule has 0 N–H and O–H groups in total. The number of aryl methyl sites for hydroxylation is 2. The molecule has 25 heavy (non-hydrogen) atoms. The molecule has 0 saturated heterocycles. The number of hydrogen-bond acceptors (Lipinski definition) is 2. The van der Waals surface area contributed by atoms with Crippen molar-refractivity contribution in [3.63, 3.8) is 0 Å². The van der Waals surface area contributed by atoms with Crippen LogP contribution in [-0.2, 0) is 11.8 Å². The molecule has 0 radical (unpaired) electrons. The van der Waals surface area contributed by atoms with E-state index in [-0.39, 0.29) is 17.1 Å². The van der Waals surface area contributed by atoms with E-state index in [4.69, 9.17) is 4.74 Å². The maximum atomic E-state index is 12.8. The van der Waals surface area contributed by atoms with Gasteiger partial charge < -0.3 is 4.74 Å². The molecule has 1 aliphatic rings. The normalized spacial score (nSPS) is 16.9. The van der Waals surface area contributed by atoms with Crippen LogP contribution in [-0.4, -0.2) is 12.9 Å². The van der Waals surface area contributed by atoms with Gasteiger partial charge in [-0.2, -0.15) is 0 Å². The summed E-state index contributed by atoms with van der Waals surface area (Å²) in [5.74, 6) is 1.21.